The van der Waals surface area contributed by atoms with E-state index in [-0.39, 0.29) is 22.1 Å². The number of anilines is 1. The van der Waals surface area contributed by atoms with Crippen LogP contribution >= 0.6 is 15.9 Å². The van der Waals surface area contributed by atoms with Gasteiger partial charge in [-0.25, -0.2) is 0 Å². The first-order valence-corrected chi connectivity index (χ1v) is 11.4. The average molecular weight is 481 g/mol. The van der Waals surface area contributed by atoms with Crippen molar-refractivity contribution in [1.82, 2.24) is 0 Å². The van der Waals surface area contributed by atoms with Gasteiger partial charge in [-0.15, -0.1) is 0 Å². The zero-order chi connectivity index (χ0) is 21.3. The Hall–Kier alpha value is -3.03. The highest BCUT2D eigenvalue weighted by Crippen LogP contribution is 2.25. The van der Waals surface area contributed by atoms with Crippen LogP contribution in [0.3, 0.4) is 0 Å². The van der Waals surface area contributed by atoms with Crippen molar-refractivity contribution in [3.63, 3.8) is 0 Å². The zero-order valence-electron chi connectivity index (χ0n) is 16.0. The highest BCUT2D eigenvalue weighted by Gasteiger charge is 2.26. The van der Waals surface area contributed by atoms with Crippen LogP contribution in [0, 0.1) is 6.92 Å². The molecule has 0 amide bonds. The summed E-state index contributed by atoms with van der Waals surface area (Å²) in [7, 11) is -3.96. The summed E-state index contributed by atoms with van der Waals surface area (Å²) in [5.41, 5.74) is 3.14. The molecule has 30 heavy (non-hydrogen) atoms. The fourth-order valence-electron chi connectivity index (χ4n) is 3.17. The summed E-state index contributed by atoms with van der Waals surface area (Å²) in [5.74, 6) is -0.216. The van der Waals surface area contributed by atoms with Gasteiger partial charge in [0.2, 0.25) is 5.78 Å². The first-order valence-electron chi connectivity index (χ1n) is 9.13. The molecule has 4 rings (SSSR count). The van der Waals surface area contributed by atoms with Gasteiger partial charge in [0.05, 0.1) is 16.3 Å². The van der Waals surface area contributed by atoms with Gasteiger partial charge in [-0.2, -0.15) is 12.8 Å². The number of carbonyl (C=O) groups excluding carboxylic acids is 1. The standard InChI is InChI=1S/C23H17BrN2O3S/c1-15-5-4-6-17(13-15)25-22-14-21(19-7-2-3-8-20(19)23(22)27)26-30(28,29)18-11-9-16(24)10-12-18/h2-14,25H,1H3. The third-order valence-corrected chi connectivity index (χ3v) is 6.43. The van der Waals surface area contributed by atoms with Crippen molar-refractivity contribution >= 4 is 43.1 Å². The number of nitrogens with one attached hydrogen (secondary N) is 1. The van der Waals surface area contributed by atoms with E-state index >= 15 is 0 Å². The summed E-state index contributed by atoms with van der Waals surface area (Å²) < 4.78 is 30.6. The van der Waals surface area contributed by atoms with E-state index < -0.39 is 10.0 Å². The van der Waals surface area contributed by atoms with E-state index in [0.717, 1.165) is 15.7 Å². The lowest BCUT2D eigenvalue weighted by atomic mass is 9.92. The maximum absolute atomic E-state index is 13.0. The number of benzene rings is 3. The largest absolute Gasteiger partial charge is 0.352 e. The summed E-state index contributed by atoms with van der Waals surface area (Å²) in [6.45, 7) is 1.95. The number of ketones is 1. The molecule has 150 valence electrons. The smallest absolute Gasteiger partial charge is 0.282 e. The molecule has 0 heterocycles. The van der Waals surface area contributed by atoms with E-state index in [4.69, 9.17) is 0 Å². The Kier molecular flexibility index (Phi) is 5.40. The molecule has 7 heteroatoms. The summed E-state index contributed by atoms with van der Waals surface area (Å²) >= 11 is 3.30. The number of rotatable bonds is 4. The highest BCUT2D eigenvalue weighted by atomic mass is 79.9. The Balaban J connectivity index is 1.81. The fraction of sp³-hybridized carbons (Fsp3) is 0.0435. The number of sulfonamides is 1. The van der Waals surface area contributed by atoms with Crippen molar-refractivity contribution in [2.75, 3.05) is 5.32 Å². The van der Waals surface area contributed by atoms with Gasteiger partial charge in [-0.05, 0) is 55.0 Å². The van der Waals surface area contributed by atoms with Crippen LogP contribution in [-0.2, 0) is 10.0 Å². The molecule has 0 aliphatic heterocycles. The molecule has 1 aliphatic carbocycles. The lowest BCUT2D eigenvalue weighted by Crippen LogP contribution is -2.22. The number of halogens is 1. The molecule has 0 aromatic heterocycles. The van der Waals surface area contributed by atoms with E-state index in [0.29, 0.717) is 11.1 Å². The molecular weight excluding hydrogens is 464 g/mol. The lowest BCUT2D eigenvalue weighted by molar-refractivity contribution is 0.103. The number of nitrogens with zero attached hydrogens (tertiary/aromatic N) is 1. The minimum Gasteiger partial charge on any atom is -0.352 e. The first-order chi connectivity index (χ1) is 14.3. The maximum atomic E-state index is 13.0. The molecule has 0 atom stereocenters. The van der Waals surface area contributed by atoms with Gasteiger partial charge in [0.1, 0.15) is 0 Å². The second kappa shape index (κ2) is 8.01. The fourth-order valence-corrected chi connectivity index (χ4v) is 4.42. The van der Waals surface area contributed by atoms with Crippen molar-refractivity contribution in [2.45, 2.75) is 11.8 Å². The van der Waals surface area contributed by atoms with E-state index in [1.807, 2.05) is 31.2 Å². The van der Waals surface area contributed by atoms with Gasteiger partial charge in [-0.1, -0.05) is 52.3 Å². The zero-order valence-corrected chi connectivity index (χ0v) is 18.4. The Morgan fingerprint density at radius 3 is 2.30 bits per heavy atom. The number of aryl methyl sites for hydroxylation is 1. The summed E-state index contributed by atoms with van der Waals surface area (Å²) in [6, 6.07) is 20.7. The molecule has 3 aromatic carbocycles. The SMILES string of the molecule is Cc1cccc(NC2=CC(=NS(=O)(=O)c3ccc(Br)cc3)c3ccccc3C2=O)c1. The van der Waals surface area contributed by atoms with Crippen LogP contribution < -0.4 is 5.32 Å². The molecule has 0 unspecified atom stereocenters. The molecule has 0 fully saturated rings. The average Bonchev–Trinajstić information content (AvgIpc) is 2.72. The van der Waals surface area contributed by atoms with Crippen molar-refractivity contribution in [3.8, 4) is 0 Å². The Bertz CT molecular complexity index is 1310. The summed E-state index contributed by atoms with van der Waals surface area (Å²) in [4.78, 5) is 13.1. The molecule has 3 aromatic rings. The third kappa shape index (κ3) is 4.13. The summed E-state index contributed by atoms with van der Waals surface area (Å²) in [5, 5.41) is 3.11. The topological polar surface area (TPSA) is 75.6 Å². The van der Waals surface area contributed by atoms with E-state index in [1.165, 1.54) is 18.2 Å². The van der Waals surface area contributed by atoms with E-state index in [1.54, 1.807) is 36.4 Å². The quantitative estimate of drug-likeness (QED) is 0.561. The number of fused-ring (bicyclic) bond motifs is 1. The molecule has 0 saturated heterocycles. The normalized spacial score (nSPS) is 14.9. The molecule has 5 nitrogen and oxygen atoms in total. The van der Waals surface area contributed by atoms with Crippen LogP contribution in [0.1, 0.15) is 21.5 Å². The van der Waals surface area contributed by atoms with Crippen molar-refractivity contribution in [3.05, 3.63) is 106 Å². The van der Waals surface area contributed by atoms with Crippen LogP contribution in [0.15, 0.2) is 98.3 Å². The molecule has 1 N–H and O–H groups in total. The van der Waals surface area contributed by atoms with Crippen LogP contribution in [-0.4, -0.2) is 19.9 Å². The first kappa shape index (κ1) is 20.3. The minimum absolute atomic E-state index is 0.0779. The molecule has 0 bridgehead atoms. The van der Waals surface area contributed by atoms with Crippen molar-refractivity contribution in [1.29, 1.82) is 0 Å². The third-order valence-electron chi connectivity index (χ3n) is 4.60. The summed E-state index contributed by atoms with van der Waals surface area (Å²) in [6.07, 6.45) is 1.49. The van der Waals surface area contributed by atoms with Gasteiger partial charge < -0.3 is 5.32 Å². The van der Waals surface area contributed by atoms with E-state index in [2.05, 4.69) is 25.6 Å². The number of hydrogen-bond acceptors (Lipinski definition) is 4. The Morgan fingerprint density at radius 2 is 1.60 bits per heavy atom. The van der Waals surface area contributed by atoms with Crippen LogP contribution in [0.2, 0.25) is 0 Å². The minimum atomic E-state index is -3.96. The van der Waals surface area contributed by atoms with Gasteiger partial charge in [0, 0.05) is 21.3 Å². The second-order valence-corrected chi connectivity index (χ2v) is 9.35. The second-order valence-electron chi connectivity index (χ2n) is 6.83. The van der Waals surface area contributed by atoms with Crippen LogP contribution in [0.5, 0.6) is 0 Å². The number of Topliss-reactive ketones (excluding diaryl/α,β-unsaturated/α-hetero) is 1. The van der Waals surface area contributed by atoms with Crippen molar-refractivity contribution < 1.29 is 13.2 Å². The monoisotopic (exact) mass is 480 g/mol. The van der Waals surface area contributed by atoms with Gasteiger partial charge in [-0.3, -0.25) is 4.79 Å². The number of allylic oxidation sites excluding steroid dienone is 2. The maximum Gasteiger partial charge on any atom is 0.282 e. The predicted molar refractivity (Wildman–Crippen MR) is 122 cm³/mol. The van der Waals surface area contributed by atoms with Gasteiger partial charge in [0.15, 0.2) is 0 Å². The number of hydrogen-bond donors (Lipinski definition) is 1. The molecule has 0 radical (unpaired) electrons. The molecule has 1 aliphatic rings. The molecule has 0 spiro atoms. The van der Waals surface area contributed by atoms with Gasteiger partial charge >= 0.3 is 0 Å². The Morgan fingerprint density at radius 1 is 0.900 bits per heavy atom. The molecule has 0 saturated carbocycles. The van der Waals surface area contributed by atoms with Crippen LogP contribution in [0.4, 0.5) is 5.69 Å². The van der Waals surface area contributed by atoms with Crippen LogP contribution in [0.25, 0.3) is 0 Å². The van der Waals surface area contributed by atoms with Crippen molar-refractivity contribution in [2.24, 2.45) is 4.40 Å². The predicted octanol–water partition coefficient (Wildman–Crippen LogP) is 5.13. The van der Waals surface area contributed by atoms with E-state index in [9.17, 15) is 13.2 Å². The molecular formula is C23H17BrN2O3S. The highest BCUT2D eigenvalue weighted by molar-refractivity contribution is 9.10. The Labute approximate surface area is 183 Å². The lowest BCUT2D eigenvalue weighted by Gasteiger charge is -2.19. The number of carbonyl (C=O) groups is 1. The van der Waals surface area contributed by atoms with Gasteiger partial charge in [0.25, 0.3) is 10.0 Å².